The van der Waals surface area contributed by atoms with Crippen LogP contribution in [0.15, 0.2) is 78.9 Å². The van der Waals surface area contributed by atoms with Crippen molar-refractivity contribution in [3.63, 3.8) is 0 Å². The second-order valence-electron chi connectivity index (χ2n) is 6.28. The van der Waals surface area contributed by atoms with Crippen LogP contribution in [0.5, 0.6) is 0 Å². The molecule has 3 aromatic carbocycles. The normalized spacial score (nSPS) is 15.9. The van der Waals surface area contributed by atoms with Crippen molar-refractivity contribution in [2.24, 2.45) is 0 Å². The molecule has 1 unspecified atom stereocenters. The van der Waals surface area contributed by atoms with Crippen molar-refractivity contribution < 1.29 is 9.53 Å². The molecule has 0 spiro atoms. The third-order valence-electron chi connectivity index (χ3n) is 4.80. The highest BCUT2D eigenvalue weighted by molar-refractivity contribution is 6.33. The van der Waals surface area contributed by atoms with Gasteiger partial charge in [-0.25, -0.2) is 4.79 Å². The highest BCUT2D eigenvalue weighted by atomic mass is 35.5. The van der Waals surface area contributed by atoms with Crippen LogP contribution in [0.3, 0.4) is 0 Å². The van der Waals surface area contributed by atoms with Gasteiger partial charge >= 0.3 is 5.97 Å². The number of para-hydroxylation sites is 1. The Labute approximate surface area is 155 Å². The third kappa shape index (κ3) is 2.18. The molecule has 3 nitrogen and oxygen atoms in total. The summed E-state index contributed by atoms with van der Waals surface area (Å²) in [5.41, 5.74) is 4.31. The highest BCUT2D eigenvalue weighted by Crippen LogP contribution is 2.40. The Hall–Kier alpha value is -3.04. The number of fused-ring (bicyclic) bond motifs is 2. The van der Waals surface area contributed by atoms with Crippen LogP contribution < -0.4 is 0 Å². The fourth-order valence-electron chi connectivity index (χ4n) is 3.62. The number of esters is 1. The van der Waals surface area contributed by atoms with Crippen LogP contribution in [0.2, 0.25) is 5.02 Å². The molecule has 2 heterocycles. The van der Waals surface area contributed by atoms with Gasteiger partial charge in [0.15, 0.2) is 0 Å². The lowest BCUT2D eigenvalue weighted by Gasteiger charge is -2.19. The van der Waals surface area contributed by atoms with Gasteiger partial charge in [-0.3, -0.25) is 0 Å². The molecule has 1 atom stereocenters. The summed E-state index contributed by atoms with van der Waals surface area (Å²) in [7, 11) is 0. The molecule has 4 aromatic rings. The van der Waals surface area contributed by atoms with E-state index in [1.54, 1.807) is 6.07 Å². The molecular formula is C22H14ClNO2. The van der Waals surface area contributed by atoms with Gasteiger partial charge in [-0.1, -0.05) is 66.2 Å². The minimum Gasteiger partial charge on any atom is -0.433 e. The zero-order valence-corrected chi connectivity index (χ0v) is 14.5. The molecule has 26 heavy (non-hydrogen) atoms. The molecule has 0 bridgehead atoms. The molecule has 1 aromatic heterocycles. The summed E-state index contributed by atoms with van der Waals surface area (Å²) in [6.07, 6.45) is -0.509. The quantitative estimate of drug-likeness (QED) is 0.431. The summed E-state index contributed by atoms with van der Waals surface area (Å²) in [5.74, 6) is -0.298. The van der Waals surface area contributed by atoms with E-state index in [2.05, 4.69) is 16.7 Å². The molecule has 5 rings (SSSR count). The van der Waals surface area contributed by atoms with Crippen LogP contribution in [0.25, 0.3) is 22.2 Å². The van der Waals surface area contributed by atoms with E-state index >= 15 is 0 Å². The number of nitrogens with zero attached hydrogens (tertiary/aromatic N) is 1. The lowest BCUT2D eigenvalue weighted by Crippen LogP contribution is -2.11. The minimum atomic E-state index is -0.509. The van der Waals surface area contributed by atoms with E-state index in [4.69, 9.17) is 16.3 Å². The minimum absolute atomic E-state index is 0.298. The maximum absolute atomic E-state index is 12.4. The van der Waals surface area contributed by atoms with Gasteiger partial charge in [-0.2, -0.15) is 0 Å². The largest absolute Gasteiger partial charge is 0.433 e. The van der Waals surface area contributed by atoms with E-state index in [-0.39, 0.29) is 5.97 Å². The number of carbonyl (C=O) groups is 1. The predicted molar refractivity (Wildman–Crippen MR) is 102 cm³/mol. The van der Waals surface area contributed by atoms with Gasteiger partial charge in [0.25, 0.3) is 0 Å². The average Bonchev–Trinajstić information content (AvgIpc) is 3.20. The van der Waals surface area contributed by atoms with Crippen LogP contribution in [-0.4, -0.2) is 10.5 Å². The molecule has 1 aliphatic rings. The molecule has 1 aliphatic heterocycles. The zero-order chi connectivity index (χ0) is 17.7. The molecule has 4 heteroatoms. The molecule has 126 valence electrons. The maximum atomic E-state index is 12.4. The van der Waals surface area contributed by atoms with E-state index in [9.17, 15) is 4.79 Å². The number of carbonyl (C=O) groups excluding carboxylic acids is 1. The van der Waals surface area contributed by atoms with E-state index in [1.165, 1.54) is 0 Å². The van der Waals surface area contributed by atoms with Gasteiger partial charge in [0.2, 0.25) is 6.23 Å². The summed E-state index contributed by atoms with van der Waals surface area (Å²) >= 11 is 6.47. The number of cyclic esters (lactones) is 1. The van der Waals surface area contributed by atoms with Gasteiger partial charge in [0.05, 0.1) is 16.8 Å². The lowest BCUT2D eigenvalue weighted by molar-refractivity contribution is 0.0335. The fraction of sp³-hybridized carbons (Fsp3) is 0.0455. The fourth-order valence-corrected chi connectivity index (χ4v) is 3.86. The topological polar surface area (TPSA) is 31.2 Å². The van der Waals surface area contributed by atoms with Crippen LogP contribution in [0.4, 0.5) is 0 Å². The Balaban J connectivity index is 1.82. The molecule has 0 radical (unpaired) electrons. The first-order chi connectivity index (χ1) is 12.7. The Morgan fingerprint density at radius 3 is 2.38 bits per heavy atom. The molecular weight excluding hydrogens is 346 g/mol. The van der Waals surface area contributed by atoms with Crippen LogP contribution in [0.1, 0.15) is 22.1 Å². The Kier molecular flexibility index (Phi) is 3.37. The van der Waals surface area contributed by atoms with Gasteiger partial charge in [-0.05, 0) is 24.3 Å². The van der Waals surface area contributed by atoms with Crippen LogP contribution in [-0.2, 0) is 4.74 Å². The molecule has 0 fully saturated rings. The lowest BCUT2D eigenvalue weighted by atomic mass is 10.1. The van der Waals surface area contributed by atoms with Gasteiger partial charge in [0.1, 0.15) is 0 Å². The van der Waals surface area contributed by atoms with Crippen molar-refractivity contribution in [1.82, 2.24) is 4.57 Å². The smallest absolute Gasteiger partial charge is 0.340 e. The zero-order valence-electron chi connectivity index (χ0n) is 13.7. The van der Waals surface area contributed by atoms with Gasteiger partial charge < -0.3 is 9.30 Å². The van der Waals surface area contributed by atoms with Crippen molar-refractivity contribution in [2.75, 3.05) is 0 Å². The van der Waals surface area contributed by atoms with Crippen molar-refractivity contribution in [3.05, 3.63) is 95.0 Å². The standard InChI is InChI=1S/C22H14ClNO2/c23-18-11-5-4-10-17(18)20-13-14-7-1-6-12-19(14)24(20)21-15-8-2-3-9-16(15)22(25)26-21/h1-13,21H. The summed E-state index contributed by atoms with van der Waals surface area (Å²) < 4.78 is 7.82. The van der Waals surface area contributed by atoms with E-state index in [0.717, 1.165) is 27.7 Å². The van der Waals surface area contributed by atoms with Gasteiger partial charge in [0, 0.05) is 21.5 Å². The average molecular weight is 360 g/mol. The van der Waals surface area contributed by atoms with E-state index < -0.39 is 6.23 Å². The first kappa shape index (κ1) is 15.2. The Bertz CT molecular complexity index is 1160. The number of ether oxygens (including phenoxy) is 1. The van der Waals surface area contributed by atoms with Crippen LogP contribution in [0, 0.1) is 0 Å². The summed E-state index contributed by atoms with van der Waals surface area (Å²) in [4.78, 5) is 12.4. The van der Waals surface area contributed by atoms with E-state index in [0.29, 0.717) is 10.6 Å². The maximum Gasteiger partial charge on any atom is 0.340 e. The van der Waals surface area contributed by atoms with Gasteiger partial charge in [-0.15, -0.1) is 0 Å². The van der Waals surface area contributed by atoms with E-state index in [1.807, 2.05) is 60.7 Å². The molecule has 0 saturated heterocycles. The number of rotatable bonds is 2. The molecule has 0 aliphatic carbocycles. The first-order valence-corrected chi connectivity index (χ1v) is 8.76. The van der Waals surface area contributed by atoms with Crippen LogP contribution >= 0.6 is 11.6 Å². The second kappa shape index (κ2) is 5.75. The van der Waals surface area contributed by atoms with Crippen molar-refractivity contribution in [2.45, 2.75) is 6.23 Å². The first-order valence-electron chi connectivity index (χ1n) is 8.39. The third-order valence-corrected chi connectivity index (χ3v) is 5.13. The van der Waals surface area contributed by atoms with Crippen molar-refractivity contribution >= 4 is 28.5 Å². The summed E-state index contributed by atoms with van der Waals surface area (Å²) in [5, 5.41) is 1.73. The predicted octanol–water partition coefficient (Wildman–Crippen LogP) is 5.68. The highest BCUT2D eigenvalue weighted by Gasteiger charge is 2.34. The number of hydrogen-bond donors (Lipinski definition) is 0. The number of halogens is 1. The summed E-state index contributed by atoms with van der Waals surface area (Å²) in [6, 6.07) is 25.4. The Morgan fingerprint density at radius 2 is 1.54 bits per heavy atom. The monoisotopic (exact) mass is 359 g/mol. The molecule has 0 amide bonds. The molecule has 0 N–H and O–H groups in total. The second-order valence-corrected chi connectivity index (χ2v) is 6.69. The van der Waals surface area contributed by atoms with Crippen molar-refractivity contribution in [1.29, 1.82) is 0 Å². The molecule has 0 saturated carbocycles. The number of hydrogen-bond acceptors (Lipinski definition) is 2. The Morgan fingerprint density at radius 1 is 0.846 bits per heavy atom. The SMILES string of the molecule is O=C1OC(n2c(-c3ccccc3Cl)cc3ccccc32)c2ccccc21. The number of benzene rings is 3. The summed E-state index contributed by atoms with van der Waals surface area (Å²) in [6.45, 7) is 0. The number of aromatic nitrogens is 1. The van der Waals surface area contributed by atoms with Crippen molar-refractivity contribution in [3.8, 4) is 11.3 Å².